The molecule has 0 aliphatic carbocycles. The van der Waals surface area contributed by atoms with Crippen LogP contribution in [-0.4, -0.2) is 27.6 Å². The zero-order valence-electron chi connectivity index (χ0n) is 16.1. The standard InChI is InChI=1S/C21H22N2O2S3/c1-13-10-14(2)19(15(3)11-13)22-18(24)7-4-8-23-20(25)17(28-21(23)26)12-16-6-5-9-27-16/h5-6,9-12H,4,7-8H2,1-3H3,(H,22,24)/b17-12+. The van der Waals surface area contributed by atoms with Crippen molar-refractivity contribution in [3.8, 4) is 0 Å². The van der Waals surface area contributed by atoms with Crippen LogP contribution in [0.25, 0.3) is 6.08 Å². The number of amides is 2. The summed E-state index contributed by atoms with van der Waals surface area (Å²) in [5.74, 6) is -0.122. The van der Waals surface area contributed by atoms with Crippen LogP contribution >= 0.6 is 35.3 Å². The smallest absolute Gasteiger partial charge is 0.266 e. The molecule has 0 atom stereocenters. The summed E-state index contributed by atoms with van der Waals surface area (Å²) in [4.78, 5) is 28.2. The van der Waals surface area contributed by atoms with Gasteiger partial charge in [-0.3, -0.25) is 14.5 Å². The Morgan fingerprint density at radius 3 is 2.61 bits per heavy atom. The van der Waals surface area contributed by atoms with E-state index < -0.39 is 0 Å². The number of hydrogen-bond donors (Lipinski definition) is 1. The number of carbonyl (C=O) groups excluding carboxylic acids is 2. The van der Waals surface area contributed by atoms with Crippen molar-refractivity contribution in [3.05, 3.63) is 56.1 Å². The first-order valence-electron chi connectivity index (χ1n) is 9.01. The summed E-state index contributed by atoms with van der Waals surface area (Å²) in [5.41, 5.74) is 4.17. The molecule has 0 saturated carbocycles. The number of nitrogens with zero attached hydrogens (tertiary/aromatic N) is 1. The van der Waals surface area contributed by atoms with Crippen molar-refractivity contribution in [2.45, 2.75) is 33.6 Å². The van der Waals surface area contributed by atoms with Crippen molar-refractivity contribution < 1.29 is 9.59 Å². The van der Waals surface area contributed by atoms with Gasteiger partial charge in [0.15, 0.2) is 0 Å². The topological polar surface area (TPSA) is 49.4 Å². The van der Waals surface area contributed by atoms with Gasteiger partial charge >= 0.3 is 0 Å². The quantitative estimate of drug-likeness (QED) is 0.499. The summed E-state index contributed by atoms with van der Waals surface area (Å²) in [6, 6.07) is 8.04. The van der Waals surface area contributed by atoms with Crippen LogP contribution in [0.2, 0.25) is 0 Å². The highest BCUT2D eigenvalue weighted by molar-refractivity contribution is 8.26. The van der Waals surface area contributed by atoms with E-state index in [2.05, 4.69) is 17.4 Å². The minimum Gasteiger partial charge on any atom is -0.326 e. The van der Waals surface area contributed by atoms with E-state index in [9.17, 15) is 9.59 Å². The van der Waals surface area contributed by atoms with E-state index in [1.165, 1.54) is 17.3 Å². The van der Waals surface area contributed by atoms with Crippen LogP contribution in [0.1, 0.15) is 34.4 Å². The van der Waals surface area contributed by atoms with Crippen LogP contribution in [-0.2, 0) is 9.59 Å². The molecular weight excluding hydrogens is 408 g/mol. The molecule has 1 aromatic heterocycles. The predicted molar refractivity (Wildman–Crippen MR) is 123 cm³/mol. The molecule has 0 unspecified atom stereocenters. The first-order chi connectivity index (χ1) is 13.3. The van der Waals surface area contributed by atoms with E-state index in [-0.39, 0.29) is 11.8 Å². The fourth-order valence-electron chi connectivity index (χ4n) is 3.17. The average Bonchev–Trinajstić information content (AvgIpc) is 3.22. The third-order valence-electron chi connectivity index (χ3n) is 4.42. The first-order valence-corrected chi connectivity index (χ1v) is 11.1. The summed E-state index contributed by atoms with van der Waals surface area (Å²) in [5, 5.41) is 4.98. The summed E-state index contributed by atoms with van der Waals surface area (Å²) in [6.07, 6.45) is 2.78. The SMILES string of the molecule is Cc1cc(C)c(NC(=O)CCCN2C(=O)/C(=C\c3cccs3)SC2=S)c(C)c1. The molecule has 28 heavy (non-hydrogen) atoms. The normalized spacial score (nSPS) is 15.5. The third kappa shape index (κ3) is 4.90. The number of hydrogen-bond acceptors (Lipinski definition) is 5. The molecule has 1 aliphatic rings. The van der Waals surface area contributed by atoms with Gasteiger partial charge in [0, 0.05) is 23.5 Å². The van der Waals surface area contributed by atoms with Gasteiger partial charge in [0.2, 0.25) is 5.91 Å². The van der Waals surface area contributed by atoms with Gasteiger partial charge < -0.3 is 5.32 Å². The molecule has 1 aromatic carbocycles. The third-order valence-corrected chi connectivity index (χ3v) is 6.61. The van der Waals surface area contributed by atoms with Crippen LogP contribution in [0.5, 0.6) is 0 Å². The molecule has 1 aliphatic heterocycles. The highest BCUT2D eigenvalue weighted by atomic mass is 32.2. The van der Waals surface area contributed by atoms with Crippen molar-refractivity contribution in [3.63, 3.8) is 0 Å². The predicted octanol–water partition coefficient (Wildman–Crippen LogP) is 5.29. The number of carbonyl (C=O) groups is 2. The Bertz CT molecular complexity index is 926. The Morgan fingerprint density at radius 1 is 1.25 bits per heavy atom. The second kappa shape index (κ2) is 9.03. The van der Waals surface area contributed by atoms with Gasteiger partial charge in [0.1, 0.15) is 4.32 Å². The Kier molecular flexibility index (Phi) is 6.69. The van der Waals surface area contributed by atoms with Crippen LogP contribution < -0.4 is 5.32 Å². The summed E-state index contributed by atoms with van der Waals surface area (Å²) in [6.45, 7) is 6.48. The molecule has 7 heteroatoms. The lowest BCUT2D eigenvalue weighted by Crippen LogP contribution is -2.29. The Morgan fingerprint density at radius 2 is 1.96 bits per heavy atom. The molecule has 3 rings (SSSR count). The molecule has 0 radical (unpaired) electrons. The molecule has 2 amide bonds. The van der Waals surface area contributed by atoms with Crippen molar-refractivity contribution >= 4 is 63.2 Å². The number of thiophene rings is 1. The fourth-order valence-corrected chi connectivity index (χ4v) is 5.20. The van der Waals surface area contributed by atoms with Crippen molar-refractivity contribution in [1.82, 2.24) is 4.90 Å². The molecule has 1 N–H and O–H groups in total. The van der Waals surface area contributed by atoms with Gasteiger partial charge in [-0.2, -0.15) is 0 Å². The summed E-state index contributed by atoms with van der Waals surface area (Å²) >= 11 is 8.26. The molecular formula is C21H22N2O2S3. The second-order valence-electron chi connectivity index (χ2n) is 6.77. The number of nitrogens with one attached hydrogen (secondary N) is 1. The van der Waals surface area contributed by atoms with E-state index in [0.29, 0.717) is 28.6 Å². The van der Waals surface area contributed by atoms with E-state index >= 15 is 0 Å². The lowest BCUT2D eigenvalue weighted by atomic mass is 10.0. The average molecular weight is 431 g/mol. The molecule has 4 nitrogen and oxygen atoms in total. The minimum atomic E-state index is -0.0750. The van der Waals surface area contributed by atoms with Crippen molar-refractivity contribution in [2.75, 3.05) is 11.9 Å². The molecule has 2 aromatic rings. The molecule has 0 bridgehead atoms. The minimum absolute atomic E-state index is 0.0466. The number of benzene rings is 1. The maximum atomic E-state index is 12.6. The van der Waals surface area contributed by atoms with Crippen LogP contribution in [0.15, 0.2) is 34.6 Å². The Labute approximate surface area is 179 Å². The maximum Gasteiger partial charge on any atom is 0.266 e. The van der Waals surface area contributed by atoms with Crippen LogP contribution in [0, 0.1) is 20.8 Å². The summed E-state index contributed by atoms with van der Waals surface area (Å²) in [7, 11) is 0. The van der Waals surface area contributed by atoms with Gasteiger partial charge in [-0.05, 0) is 55.8 Å². The Hall–Kier alpha value is -1.96. The monoisotopic (exact) mass is 430 g/mol. The van der Waals surface area contributed by atoms with Gasteiger partial charge in [0.25, 0.3) is 5.91 Å². The molecule has 146 valence electrons. The molecule has 2 heterocycles. The fraction of sp³-hybridized carbons (Fsp3) is 0.286. The largest absolute Gasteiger partial charge is 0.326 e. The van der Waals surface area contributed by atoms with Gasteiger partial charge in [-0.15, -0.1) is 11.3 Å². The number of thioether (sulfide) groups is 1. The van der Waals surface area contributed by atoms with E-state index in [0.717, 1.165) is 21.7 Å². The van der Waals surface area contributed by atoms with E-state index in [1.54, 1.807) is 16.2 Å². The highest BCUT2D eigenvalue weighted by Crippen LogP contribution is 2.33. The van der Waals surface area contributed by atoms with E-state index in [4.69, 9.17) is 12.2 Å². The number of thiocarbonyl (C=S) groups is 1. The molecule has 0 spiro atoms. The Balaban J connectivity index is 1.54. The number of rotatable bonds is 6. The van der Waals surface area contributed by atoms with Crippen molar-refractivity contribution in [1.29, 1.82) is 0 Å². The summed E-state index contributed by atoms with van der Waals surface area (Å²) < 4.78 is 0.554. The highest BCUT2D eigenvalue weighted by Gasteiger charge is 2.31. The van der Waals surface area contributed by atoms with Gasteiger partial charge in [0.05, 0.1) is 4.91 Å². The number of aryl methyl sites for hydroxylation is 3. The van der Waals surface area contributed by atoms with Crippen LogP contribution in [0.4, 0.5) is 5.69 Å². The molecule has 1 saturated heterocycles. The second-order valence-corrected chi connectivity index (χ2v) is 9.43. The van der Waals surface area contributed by atoms with Crippen molar-refractivity contribution in [2.24, 2.45) is 0 Å². The van der Waals surface area contributed by atoms with E-state index in [1.807, 2.05) is 44.4 Å². The first kappa shape index (κ1) is 20.8. The number of anilines is 1. The van der Waals surface area contributed by atoms with Crippen LogP contribution in [0.3, 0.4) is 0 Å². The lowest BCUT2D eigenvalue weighted by molar-refractivity contribution is -0.122. The maximum absolute atomic E-state index is 12.6. The molecule has 1 fully saturated rings. The zero-order valence-corrected chi connectivity index (χ0v) is 18.5. The zero-order chi connectivity index (χ0) is 20.3. The van der Waals surface area contributed by atoms with Gasteiger partial charge in [-0.25, -0.2) is 0 Å². The lowest BCUT2D eigenvalue weighted by Gasteiger charge is -2.15. The van der Waals surface area contributed by atoms with Gasteiger partial charge in [-0.1, -0.05) is 47.7 Å².